The Hall–Kier alpha value is -5.70. The van der Waals surface area contributed by atoms with Gasteiger partial charge in [0.25, 0.3) is 11.8 Å². The Morgan fingerprint density at radius 3 is 1.25 bits per heavy atom. The topological polar surface area (TPSA) is 235 Å². The number of aromatic hydroxyl groups is 1. The summed E-state index contributed by atoms with van der Waals surface area (Å²) < 4.78 is 29.5. The van der Waals surface area contributed by atoms with Gasteiger partial charge in [-0.15, -0.1) is 0 Å². The maximum atomic E-state index is 12.3. The second-order valence-corrected chi connectivity index (χ2v) is 18.2. The number of nitrogens with zero attached hydrogens (tertiary/aromatic N) is 1. The summed E-state index contributed by atoms with van der Waals surface area (Å²) in [6, 6.07) is 33.8. The van der Waals surface area contributed by atoms with Gasteiger partial charge in [-0.2, -0.15) is 0 Å². The van der Waals surface area contributed by atoms with Crippen LogP contribution in [0.5, 0.6) is 28.7 Å². The molecule has 0 bridgehead atoms. The number of hydrogen-bond donors (Lipinski definition) is 5. The lowest BCUT2D eigenvalue weighted by atomic mass is 10.1. The average molecular weight is 1210 g/mol. The van der Waals surface area contributed by atoms with Crippen molar-refractivity contribution < 1.29 is 62.6 Å². The van der Waals surface area contributed by atoms with E-state index in [0.717, 1.165) is 25.9 Å². The monoisotopic (exact) mass is 1200 g/mol. The molecule has 2 aliphatic rings. The van der Waals surface area contributed by atoms with E-state index in [-0.39, 0.29) is 61.3 Å². The van der Waals surface area contributed by atoms with Gasteiger partial charge in [0.1, 0.15) is 34.1 Å². The number of alkyl halides is 1. The Labute approximate surface area is 469 Å². The summed E-state index contributed by atoms with van der Waals surface area (Å²) in [5.74, 6) is 0.628. The third kappa shape index (κ3) is 32.4. The zero-order chi connectivity index (χ0) is 55.4. The number of ether oxygens (including phenoxy) is 6. The number of phenols is 1. The number of carboxylic acids is 1. The maximum absolute atomic E-state index is 12.3. The predicted octanol–water partition coefficient (Wildman–Crippen LogP) is 9.55. The van der Waals surface area contributed by atoms with Crippen molar-refractivity contribution >= 4 is 104 Å². The number of piperidine rings is 2. The Morgan fingerprint density at radius 1 is 0.573 bits per heavy atom. The third-order valence-corrected chi connectivity index (χ3v) is 11.4. The first-order chi connectivity index (χ1) is 35.9. The van der Waals surface area contributed by atoms with Crippen LogP contribution in [-0.4, -0.2) is 129 Å². The quantitative estimate of drug-likeness (QED) is 0.0514. The number of benzene rings is 5. The zero-order valence-corrected chi connectivity index (χ0v) is 46.4. The van der Waals surface area contributed by atoms with Crippen LogP contribution >= 0.6 is 73.9 Å². The number of amides is 2. The second kappa shape index (κ2) is 38.8. The Morgan fingerprint density at radius 2 is 0.933 bits per heavy atom. The van der Waals surface area contributed by atoms with Crippen molar-refractivity contribution in [3.05, 3.63) is 146 Å². The second-order valence-electron chi connectivity index (χ2n) is 15.4. The van der Waals surface area contributed by atoms with Crippen molar-refractivity contribution in [3.63, 3.8) is 0 Å². The number of methoxy groups -OCH3 is 2. The molecule has 2 amide bonds. The SMILES string of the molecule is COC(=O)CBr.COC(=O)COc1ccc(Cl)cc1.NC1CCNCC1.O=C(COc1ccc(Cl)cc1)NC1CCN(C(=O)COc2ccc(Cl)cc2)CC1.O=C(O)COc1ccc(Cl)cc1.Oc1ccc(Cl)cc1. The highest BCUT2D eigenvalue weighted by molar-refractivity contribution is 9.09. The minimum atomic E-state index is -0.995. The summed E-state index contributed by atoms with van der Waals surface area (Å²) in [7, 11) is 2.66. The summed E-state index contributed by atoms with van der Waals surface area (Å²) >= 11 is 31.3. The van der Waals surface area contributed by atoms with Crippen molar-refractivity contribution in [1.29, 1.82) is 0 Å². The highest BCUT2D eigenvalue weighted by Gasteiger charge is 2.24. The molecule has 0 radical (unpaired) electrons. The molecule has 7 rings (SSSR count). The van der Waals surface area contributed by atoms with Crippen LogP contribution in [0.25, 0.3) is 0 Å². The largest absolute Gasteiger partial charge is 0.508 e. The first kappa shape index (κ1) is 65.4. The molecule has 2 saturated heterocycles. The van der Waals surface area contributed by atoms with E-state index in [1.165, 1.54) is 14.2 Å². The van der Waals surface area contributed by atoms with Crippen molar-refractivity contribution in [1.82, 2.24) is 15.5 Å². The van der Waals surface area contributed by atoms with E-state index < -0.39 is 11.9 Å². The zero-order valence-electron chi connectivity index (χ0n) is 41.1. The lowest BCUT2D eigenvalue weighted by molar-refractivity contribution is -0.143. The van der Waals surface area contributed by atoms with Crippen molar-refractivity contribution in [2.75, 3.05) is 72.2 Å². The molecule has 0 atom stereocenters. The molecule has 6 N–H and O–H groups in total. The fourth-order valence-corrected chi connectivity index (χ4v) is 6.60. The first-order valence-electron chi connectivity index (χ1n) is 22.8. The number of carboxylic acid groups (broad SMARTS) is 1. The van der Waals surface area contributed by atoms with Gasteiger partial charge < -0.3 is 59.9 Å². The van der Waals surface area contributed by atoms with E-state index in [1.807, 2.05) is 0 Å². The normalized spacial score (nSPS) is 12.6. The number of halogens is 6. The van der Waals surface area contributed by atoms with Crippen LogP contribution in [0.4, 0.5) is 0 Å². The Bertz CT molecular complexity index is 2370. The summed E-state index contributed by atoms with van der Waals surface area (Å²) in [4.78, 5) is 56.8. The van der Waals surface area contributed by atoms with Crippen LogP contribution in [0.3, 0.4) is 0 Å². The smallest absolute Gasteiger partial charge is 0.343 e. The first-order valence-corrected chi connectivity index (χ1v) is 25.8. The number of nitrogens with one attached hydrogen (secondary N) is 2. The van der Waals surface area contributed by atoms with Gasteiger partial charge in [0.05, 0.1) is 14.2 Å². The van der Waals surface area contributed by atoms with E-state index in [0.29, 0.717) is 80.1 Å². The molecule has 0 saturated carbocycles. The van der Waals surface area contributed by atoms with E-state index in [9.17, 15) is 24.0 Å². The van der Waals surface area contributed by atoms with E-state index in [2.05, 4.69) is 36.0 Å². The molecule has 408 valence electrons. The van der Waals surface area contributed by atoms with Crippen LogP contribution in [-0.2, 0) is 33.4 Å². The number of phenolic OH excluding ortho intramolecular Hbond substituents is 1. The van der Waals surface area contributed by atoms with Gasteiger partial charge in [0, 0.05) is 50.3 Å². The number of likely N-dealkylation sites (tertiary alicyclic amines) is 1. The van der Waals surface area contributed by atoms with Gasteiger partial charge in [-0.05, 0) is 160 Å². The average Bonchev–Trinajstić information content (AvgIpc) is 3.42. The fraction of sp³-hybridized carbons (Fsp3) is 0.327. The van der Waals surface area contributed by atoms with E-state index in [4.69, 9.17) is 92.9 Å². The number of nitrogens with two attached hydrogens (primary N) is 1. The Kier molecular flexibility index (Phi) is 33.8. The molecule has 75 heavy (non-hydrogen) atoms. The van der Waals surface area contributed by atoms with Crippen LogP contribution < -0.4 is 35.3 Å². The lowest BCUT2D eigenvalue weighted by Gasteiger charge is -2.32. The number of rotatable bonds is 14. The van der Waals surface area contributed by atoms with Crippen molar-refractivity contribution in [2.24, 2.45) is 5.73 Å². The minimum Gasteiger partial charge on any atom is -0.508 e. The van der Waals surface area contributed by atoms with Gasteiger partial charge >= 0.3 is 17.9 Å². The highest BCUT2D eigenvalue weighted by atomic mass is 79.9. The molecule has 17 nitrogen and oxygen atoms in total. The molecule has 0 unspecified atom stereocenters. The van der Waals surface area contributed by atoms with E-state index >= 15 is 0 Å². The molecule has 0 spiro atoms. The predicted molar refractivity (Wildman–Crippen MR) is 294 cm³/mol. The van der Waals surface area contributed by atoms with Gasteiger partial charge in [-0.3, -0.25) is 14.4 Å². The van der Waals surface area contributed by atoms with Gasteiger partial charge in [0.15, 0.2) is 26.4 Å². The molecule has 5 aromatic carbocycles. The number of hydrogen-bond acceptors (Lipinski definition) is 14. The van der Waals surface area contributed by atoms with Crippen molar-refractivity contribution in [2.45, 2.75) is 37.8 Å². The number of carbonyl (C=O) groups excluding carboxylic acids is 4. The summed E-state index contributed by atoms with van der Waals surface area (Å²) in [6.07, 6.45) is 3.69. The molecule has 23 heteroatoms. The summed E-state index contributed by atoms with van der Waals surface area (Å²) in [5, 5.41) is 26.5. The maximum Gasteiger partial charge on any atom is 0.343 e. The number of aliphatic carboxylic acids is 1. The third-order valence-electron chi connectivity index (χ3n) is 9.69. The Balaban J connectivity index is 0.000000347. The van der Waals surface area contributed by atoms with Gasteiger partial charge in [-0.25, -0.2) is 9.59 Å². The molecule has 2 heterocycles. The molecular formula is C52H60BrCl5N4O13. The standard InChI is InChI=1S/C21H22Cl2N2O4.C9H9ClO3.C8H7ClO3.C6H5ClO.C5H12N2.C3H5BrO2/c22-15-1-5-18(6-2-15)28-13-20(26)24-17-9-11-25(12-10-17)21(27)14-29-19-7-3-16(23)4-8-19;1-12-9(11)6-13-8-4-2-7(10)3-5-8;9-6-1-3-7(4-2-6)12-5-8(10)11;7-5-1-3-6(8)4-2-5;6-5-1-3-7-4-2-5;1-6-3(5)2-4/h1-8,17H,9-14H2,(H,24,26);2-5H,6H2,1H3;1-4H,5H2,(H,10,11);1-4,8H;5,7H,1-4,6H2;2H2,1H3. The van der Waals surface area contributed by atoms with Gasteiger partial charge in [0.2, 0.25) is 0 Å². The number of esters is 2. The van der Waals surface area contributed by atoms with Crippen molar-refractivity contribution in [3.8, 4) is 28.7 Å². The van der Waals surface area contributed by atoms with Gasteiger partial charge in [-0.1, -0.05) is 73.9 Å². The summed E-state index contributed by atoms with van der Waals surface area (Å²) in [6.45, 7) is 2.88. The fourth-order valence-electron chi connectivity index (χ4n) is 5.74. The van der Waals surface area contributed by atoms with Crippen LogP contribution in [0.1, 0.15) is 25.7 Å². The molecule has 0 aromatic heterocycles. The minimum absolute atomic E-state index is 0.0202. The number of carbonyl (C=O) groups is 5. The lowest BCUT2D eigenvalue weighted by Crippen LogP contribution is -2.48. The highest BCUT2D eigenvalue weighted by Crippen LogP contribution is 2.19. The van der Waals surface area contributed by atoms with E-state index in [1.54, 1.807) is 126 Å². The molecule has 2 fully saturated rings. The van der Waals surface area contributed by atoms with Crippen LogP contribution in [0, 0.1) is 0 Å². The van der Waals surface area contributed by atoms with Crippen LogP contribution in [0.2, 0.25) is 25.1 Å². The summed E-state index contributed by atoms with van der Waals surface area (Å²) in [5.41, 5.74) is 5.59. The molecule has 5 aromatic rings. The molecule has 2 aliphatic heterocycles. The van der Waals surface area contributed by atoms with Crippen LogP contribution in [0.15, 0.2) is 121 Å². The molecule has 0 aliphatic carbocycles. The molecular weight excluding hydrogens is 1150 g/mol.